The largest absolute Gasteiger partial charge is 0.444 e. The van der Waals surface area contributed by atoms with Gasteiger partial charge in [-0.05, 0) is 56.4 Å². The van der Waals surface area contributed by atoms with Crippen LogP contribution in [0.15, 0.2) is 53.4 Å². The zero-order chi connectivity index (χ0) is 46.3. The van der Waals surface area contributed by atoms with Crippen molar-refractivity contribution < 1.29 is 60.6 Å². The van der Waals surface area contributed by atoms with E-state index in [1.165, 1.54) is 35.3 Å². The van der Waals surface area contributed by atoms with Crippen molar-refractivity contribution in [3.05, 3.63) is 71.5 Å². The predicted molar refractivity (Wildman–Crippen MR) is 220 cm³/mol. The molecule has 0 spiro atoms. The number of hydrogen-bond acceptors (Lipinski definition) is 15. The normalized spacial score (nSPS) is 18.6. The molecule has 24 heteroatoms. The first-order chi connectivity index (χ1) is 31.2. The second kappa shape index (κ2) is 20.1. The lowest BCUT2D eigenvalue weighted by molar-refractivity contribution is -0.136. The van der Waals surface area contributed by atoms with Gasteiger partial charge in [0.1, 0.15) is 24.7 Å². The van der Waals surface area contributed by atoms with Gasteiger partial charge in [-0.1, -0.05) is 6.07 Å². The van der Waals surface area contributed by atoms with Crippen molar-refractivity contribution in [1.29, 1.82) is 0 Å². The average molecular weight is 908 g/mol. The molecule has 7 N–H and O–H groups in total. The van der Waals surface area contributed by atoms with Crippen molar-refractivity contribution in [3.8, 4) is 11.5 Å². The molecule has 1 aliphatic carbocycles. The second-order valence-corrected chi connectivity index (χ2v) is 15.2. The third-order valence-corrected chi connectivity index (χ3v) is 10.8. The van der Waals surface area contributed by atoms with Gasteiger partial charge in [-0.15, -0.1) is 0 Å². The highest BCUT2D eigenvalue weighted by Crippen LogP contribution is 2.34. The van der Waals surface area contributed by atoms with E-state index in [9.17, 15) is 46.7 Å². The maximum atomic E-state index is 13.2. The number of ether oxygens (including phenoxy) is 2. The van der Waals surface area contributed by atoms with Crippen molar-refractivity contribution in [2.45, 2.75) is 56.8 Å². The molecule has 344 valence electrons. The quantitative estimate of drug-likeness (QED) is 0.0583. The number of amides is 7. The molecule has 0 radical (unpaired) electrons. The van der Waals surface area contributed by atoms with Crippen molar-refractivity contribution in [1.82, 2.24) is 35.3 Å². The van der Waals surface area contributed by atoms with Crippen molar-refractivity contribution in [3.63, 3.8) is 0 Å². The van der Waals surface area contributed by atoms with E-state index in [0.717, 1.165) is 11.2 Å². The number of anilines is 3. The third-order valence-electron chi connectivity index (χ3n) is 10.8. The van der Waals surface area contributed by atoms with Crippen LogP contribution in [0.5, 0.6) is 0 Å². The van der Waals surface area contributed by atoms with Crippen LogP contribution in [-0.4, -0.2) is 124 Å². The molecular formula is C41H44F3N11O10. The molecule has 2 fully saturated rings. The Balaban J connectivity index is 0.785. The minimum atomic E-state index is -4.46. The summed E-state index contributed by atoms with van der Waals surface area (Å²) in [7, 11) is 0. The molecule has 1 saturated carbocycles. The van der Waals surface area contributed by atoms with Crippen LogP contribution in [0.2, 0.25) is 0 Å². The Morgan fingerprint density at radius 1 is 0.923 bits per heavy atom. The third kappa shape index (κ3) is 11.1. The van der Waals surface area contributed by atoms with Crippen LogP contribution in [0.4, 0.5) is 30.4 Å². The first kappa shape index (κ1) is 45.8. The zero-order valence-electron chi connectivity index (χ0n) is 34.6. The zero-order valence-corrected chi connectivity index (χ0v) is 34.6. The summed E-state index contributed by atoms with van der Waals surface area (Å²) in [5.41, 5.74) is 6.23. The molecule has 7 amide bonds. The van der Waals surface area contributed by atoms with E-state index < -0.39 is 54.2 Å². The van der Waals surface area contributed by atoms with E-state index >= 15 is 0 Å². The lowest BCUT2D eigenvalue weighted by Gasteiger charge is -2.28. The van der Waals surface area contributed by atoms with E-state index in [-0.39, 0.29) is 109 Å². The fraction of sp³-hybridized carbons (Fsp3) is 0.415. The Hall–Kier alpha value is -7.21. The highest BCUT2D eigenvalue weighted by Gasteiger charge is 2.45. The Morgan fingerprint density at radius 2 is 1.68 bits per heavy atom. The average Bonchev–Trinajstić information content (AvgIpc) is 4.01. The first-order valence-electron chi connectivity index (χ1n) is 20.6. The number of pyridine rings is 1. The number of primary amides is 1. The smallest absolute Gasteiger partial charge is 0.405 e. The summed E-state index contributed by atoms with van der Waals surface area (Å²) < 4.78 is 56.0. The Bertz CT molecular complexity index is 2470. The van der Waals surface area contributed by atoms with Gasteiger partial charge in [0, 0.05) is 49.1 Å². The summed E-state index contributed by atoms with van der Waals surface area (Å²) in [6.07, 6.45) is 1.58. The number of rotatable bonds is 19. The summed E-state index contributed by atoms with van der Waals surface area (Å²) in [4.78, 5) is 97.3. The number of carbonyl (C=O) groups excluding carboxylic acids is 7. The van der Waals surface area contributed by atoms with Crippen LogP contribution in [-0.2, 0) is 23.9 Å². The molecule has 3 aromatic heterocycles. The van der Waals surface area contributed by atoms with Gasteiger partial charge in [0.05, 0.1) is 49.3 Å². The number of carbonyl (C=O) groups is 7. The number of nitrogens with zero attached hydrogens (tertiary/aromatic N) is 5. The summed E-state index contributed by atoms with van der Waals surface area (Å²) in [5.74, 6) is -4.50. The monoisotopic (exact) mass is 907 g/mol. The number of alkyl halides is 3. The minimum absolute atomic E-state index is 0.0270. The highest BCUT2D eigenvalue weighted by molar-refractivity contribution is 6.25. The number of nitrogens with one attached hydrogen (secondary N) is 5. The molecule has 0 bridgehead atoms. The number of imide groups is 2. The van der Waals surface area contributed by atoms with E-state index in [2.05, 4.69) is 41.7 Å². The maximum Gasteiger partial charge on any atom is 0.405 e. The minimum Gasteiger partial charge on any atom is -0.444 e. The van der Waals surface area contributed by atoms with Crippen LogP contribution in [0, 0.1) is 5.92 Å². The van der Waals surface area contributed by atoms with Crippen molar-refractivity contribution in [2.24, 2.45) is 11.7 Å². The number of fused-ring (bicyclic) bond motifs is 1. The lowest BCUT2D eigenvalue weighted by atomic mass is 9.85. The Morgan fingerprint density at radius 3 is 2.40 bits per heavy atom. The molecule has 21 nitrogen and oxygen atoms in total. The Labute approximate surface area is 367 Å². The highest BCUT2D eigenvalue weighted by atomic mass is 19.4. The van der Waals surface area contributed by atoms with E-state index in [0.29, 0.717) is 37.9 Å². The molecule has 65 heavy (non-hydrogen) atoms. The summed E-state index contributed by atoms with van der Waals surface area (Å²) >= 11 is 0. The number of halogens is 3. The van der Waals surface area contributed by atoms with E-state index in [1.807, 2.05) is 0 Å². The van der Waals surface area contributed by atoms with Gasteiger partial charge in [0.2, 0.25) is 23.6 Å². The number of oxazole rings is 1. The molecule has 4 aromatic rings. The number of benzene rings is 1. The van der Waals surface area contributed by atoms with Gasteiger partial charge in [0.25, 0.3) is 23.6 Å². The summed E-state index contributed by atoms with van der Waals surface area (Å²) in [6, 6.07) is 6.27. The van der Waals surface area contributed by atoms with Crippen LogP contribution < -0.4 is 32.3 Å². The van der Waals surface area contributed by atoms with Gasteiger partial charge < -0.3 is 40.9 Å². The molecule has 1 aromatic carbocycles. The maximum absolute atomic E-state index is 13.2. The molecule has 1 unspecified atom stereocenters. The van der Waals surface area contributed by atoms with Crippen LogP contribution in [0.3, 0.4) is 0 Å². The van der Waals surface area contributed by atoms with Crippen LogP contribution >= 0.6 is 0 Å². The summed E-state index contributed by atoms with van der Waals surface area (Å²) in [6.45, 7) is 0.309. The van der Waals surface area contributed by atoms with Gasteiger partial charge in [-0.2, -0.15) is 18.3 Å². The fourth-order valence-electron chi connectivity index (χ4n) is 7.64. The van der Waals surface area contributed by atoms with Crippen LogP contribution in [0.1, 0.15) is 86.3 Å². The van der Waals surface area contributed by atoms with Crippen molar-refractivity contribution in [2.75, 3.05) is 62.0 Å². The molecule has 1 saturated heterocycles. The molecule has 5 heterocycles. The molecule has 1 atom stereocenters. The number of piperidine rings is 1. The molecular weight excluding hydrogens is 864 g/mol. The van der Waals surface area contributed by atoms with E-state index in [1.54, 1.807) is 12.1 Å². The molecule has 2 aliphatic heterocycles. The van der Waals surface area contributed by atoms with E-state index in [4.69, 9.17) is 19.6 Å². The molecule has 3 aliphatic rings. The van der Waals surface area contributed by atoms with Gasteiger partial charge in [-0.3, -0.25) is 48.5 Å². The van der Waals surface area contributed by atoms with Gasteiger partial charge >= 0.3 is 6.18 Å². The van der Waals surface area contributed by atoms with Crippen molar-refractivity contribution >= 4 is 58.5 Å². The first-order valence-corrected chi connectivity index (χ1v) is 20.6. The van der Waals surface area contributed by atoms with Gasteiger partial charge in [0.15, 0.2) is 11.4 Å². The number of aromatic nitrogens is 4. The second-order valence-electron chi connectivity index (χ2n) is 15.2. The SMILES string of the molecule is NC(=O)c1nn([C@H]2CC[C@H](C(=O)NCCOCCOCCNc3cccc4c3C(=O)N(C3CCC(=O)NC3=O)C4=O)CC2)cc1NC(=O)c1coc(-c2ccnc(NCC(F)(F)F)c2)n1. The fourth-order valence-corrected chi connectivity index (χ4v) is 7.64. The lowest BCUT2D eigenvalue weighted by Crippen LogP contribution is -2.54. The number of hydrogen-bond donors (Lipinski definition) is 6. The topological polar surface area (TPSA) is 284 Å². The Kier molecular flexibility index (Phi) is 14.2. The van der Waals surface area contributed by atoms with Gasteiger partial charge in [-0.25, -0.2) is 9.97 Å². The standard InChI is InChI=1S/C41H44F3N11O10/c42-41(43,44)21-49-30-18-23(10-11-47-30)38-51-28(20-65-38)36(59)50-27-19-54(53-33(27)34(45)57)24-6-4-22(5-7-24)35(58)48-13-15-64-17-16-63-14-12-46-26-3-1-2-25-32(26)40(62)55(39(25)61)29-8-9-31(56)52-37(29)60/h1-3,10-11,18-20,22,24,29,46H,4-9,12-17,21H2,(H2,45,57)(H,47,49)(H,48,58)(H,50,59)(H,52,56,60)/t22-,24-,29?. The number of nitrogens with two attached hydrogens (primary N) is 1. The summed E-state index contributed by atoms with van der Waals surface area (Å²) in [5, 5.41) is 17.2. The predicted octanol–water partition coefficient (Wildman–Crippen LogP) is 2.65. The van der Waals surface area contributed by atoms with Crippen LogP contribution in [0.25, 0.3) is 11.5 Å². The molecule has 7 rings (SSSR count).